The summed E-state index contributed by atoms with van der Waals surface area (Å²) in [5.74, 6) is -0.192. The first-order chi connectivity index (χ1) is 14.5. The predicted molar refractivity (Wildman–Crippen MR) is 112 cm³/mol. The Bertz CT molecular complexity index is 1130. The van der Waals surface area contributed by atoms with Crippen LogP contribution in [0.25, 0.3) is 22.1 Å². The molecule has 0 saturated carbocycles. The number of hydrogen-bond donors (Lipinski definition) is 1. The van der Waals surface area contributed by atoms with Gasteiger partial charge in [-0.3, -0.25) is 14.4 Å². The van der Waals surface area contributed by atoms with E-state index >= 15 is 0 Å². The van der Waals surface area contributed by atoms with Gasteiger partial charge in [0.25, 0.3) is 5.91 Å². The quantitative estimate of drug-likeness (QED) is 0.701. The van der Waals surface area contributed by atoms with E-state index in [2.05, 4.69) is 0 Å². The third-order valence-corrected chi connectivity index (χ3v) is 5.44. The maximum atomic E-state index is 12.8. The van der Waals surface area contributed by atoms with Gasteiger partial charge in [-0.05, 0) is 30.5 Å². The number of nitrogens with two attached hydrogens (primary N) is 1. The molecule has 7 nitrogen and oxygen atoms in total. The molecule has 1 saturated heterocycles. The zero-order chi connectivity index (χ0) is 21.1. The van der Waals surface area contributed by atoms with Crippen LogP contribution in [0.2, 0.25) is 0 Å². The number of primary amides is 1. The van der Waals surface area contributed by atoms with Gasteiger partial charge in [0.1, 0.15) is 17.6 Å². The van der Waals surface area contributed by atoms with Crippen molar-refractivity contribution in [1.29, 1.82) is 0 Å². The highest BCUT2D eigenvalue weighted by Crippen LogP contribution is 2.23. The summed E-state index contributed by atoms with van der Waals surface area (Å²) in [6.45, 7) is 0.856. The third kappa shape index (κ3) is 4.05. The molecular weight excluding hydrogens is 384 g/mol. The van der Waals surface area contributed by atoms with Crippen molar-refractivity contribution < 1.29 is 18.7 Å². The Hall–Kier alpha value is -3.61. The normalized spacial score (nSPS) is 14.6. The molecule has 1 aliphatic heterocycles. The Morgan fingerprint density at radius 1 is 1.10 bits per heavy atom. The highest BCUT2D eigenvalue weighted by molar-refractivity contribution is 5.83. The van der Waals surface area contributed by atoms with E-state index in [1.54, 1.807) is 23.1 Å². The van der Waals surface area contributed by atoms with E-state index in [0.717, 1.165) is 5.56 Å². The van der Waals surface area contributed by atoms with Gasteiger partial charge in [-0.1, -0.05) is 30.3 Å². The molecule has 2 amide bonds. The number of nitrogens with zero attached hydrogens (tertiary/aromatic N) is 1. The molecule has 4 rings (SSSR count). The number of benzene rings is 2. The number of hydrogen-bond acceptors (Lipinski definition) is 5. The molecule has 0 unspecified atom stereocenters. The lowest BCUT2D eigenvalue weighted by Gasteiger charge is -2.30. The SMILES string of the molecule is NC(=O)C1CCN(C(=O)COc2ccc3c(=O)c(-c4ccccc4)coc3c2)CC1. The summed E-state index contributed by atoms with van der Waals surface area (Å²) < 4.78 is 11.3. The van der Waals surface area contributed by atoms with Crippen molar-refractivity contribution in [2.45, 2.75) is 12.8 Å². The lowest BCUT2D eigenvalue weighted by atomic mass is 9.96. The first-order valence-electron chi connectivity index (χ1n) is 9.84. The zero-order valence-corrected chi connectivity index (χ0v) is 16.4. The molecule has 1 aromatic heterocycles. The van der Waals surface area contributed by atoms with Gasteiger partial charge in [-0.25, -0.2) is 0 Å². The van der Waals surface area contributed by atoms with E-state index in [4.69, 9.17) is 14.9 Å². The lowest BCUT2D eigenvalue weighted by molar-refractivity contribution is -0.136. The minimum atomic E-state index is -0.313. The molecule has 0 aliphatic carbocycles. The standard InChI is InChI=1S/C23H22N2O5/c24-23(28)16-8-10-25(11-9-16)21(26)14-29-17-6-7-18-20(12-17)30-13-19(22(18)27)15-4-2-1-3-5-15/h1-7,12-13,16H,8-11,14H2,(H2,24,28). The maximum absolute atomic E-state index is 12.8. The van der Waals surface area contributed by atoms with E-state index in [1.807, 2.05) is 30.3 Å². The van der Waals surface area contributed by atoms with Gasteiger partial charge in [-0.2, -0.15) is 0 Å². The summed E-state index contributed by atoms with van der Waals surface area (Å²) in [6, 6.07) is 14.2. The van der Waals surface area contributed by atoms with Crippen molar-refractivity contribution in [3.8, 4) is 16.9 Å². The fourth-order valence-corrected chi connectivity index (χ4v) is 3.67. The molecule has 0 atom stereocenters. The summed E-state index contributed by atoms with van der Waals surface area (Å²) in [7, 11) is 0. The molecule has 7 heteroatoms. The molecular formula is C23H22N2O5. The summed E-state index contributed by atoms with van der Waals surface area (Å²) in [5.41, 5.74) is 6.88. The Balaban J connectivity index is 1.44. The number of amides is 2. The van der Waals surface area contributed by atoms with Gasteiger partial charge in [0.2, 0.25) is 5.91 Å². The lowest BCUT2D eigenvalue weighted by Crippen LogP contribution is -2.43. The molecule has 1 fully saturated rings. The van der Waals surface area contributed by atoms with Gasteiger partial charge < -0.3 is 19.8 Å². The highest BCUT2D eigenvalue weighted by Gasteiger charge is 2.26. The number of likely N-dealkylation sites (tertiary alicyclic amines) is 1. The molecule has 30 heavy (non-hydrogen) atoms. The van der Waals surface area contributed by atoms with Crippen molar-refractivity contribution in [3.63, 3.8) is 0 Å². The molecule has 0 radical (unpaired) electrons. The monoisotopic (exact) mass is 406 g/mol. The van der Waals surface area contributed by atoms with Crippen LogP contribution in [0, 0.1) is 5.92 Å². The van der Waals surface area contributed by atoms with Gasteiger partial charge in [0.05, 0.1) is 10.9 Å². The third-order valence-electron chi connectivity index (χ3n) is 5.44. The second kappa shape index (κ2) is 8.41. The number of carbonyl (C=O) groups excluding carboxylic acids is 2. The Labute approximate surface area is 173 Å². The minimum Gasteiger partial charge on any atom is -0.484 e. The van der Waals surface area contributed by atoms with Crippen LogP contribution in [0.1, 0.15) is 12.8 Å². The van der Waals surface area contributed by atoms with Crippen LogP contribution in [-0.2, 0) is 9.59 Å². The summed E-state index contributed by atoms with van der Waals surface area (Å²) >= 11 is 0. The number of fused-ring (bicyclic) bond motifs is 1. The highest BCUT2D eigenvalue weighted by atomic mass is 16.5. The predicted octanol–water partition coefficient (Wildman–Crippen LogP) is 2.56. The van der Waals surface area contributed by atoms with Gasteiger partial charge in [-0.15, -0.1) is 0 Å². The van der Waals surface area contributed by atoms with Crippen molar-refractivity contribution in [2.24, 2.45) is 11.7 Å². The Kier molecular flexibility index (Phi) is 5.52. The molecule has 3 aromatic rings. The summed E-state index contributed by atoms with van der Waals surface area (Å²) in [6.07, 6.45) is 2.59. The van der Waals surface area contributed by atoms with E-state index in [1.165, 1.54) is 6.26 Å². The van der Waals surface area contributed by atoms with Crippen molar-refractivity contribution in [3.05, 3.63) is 65.0 Å². The first-order valence-corrected chi connectivity index (χ1v) is 9.84. The number of rotatable bonds is 5. The summed E-state index contributed by atoms with van der Waals surface area (Å²) in [5, 5.41) is 0.448. The van der Waals surface area contributed by atoms with E-state index < -0.39 is 0 Å². The van der Waals surface area contributed by atoms with Gasteiger partial charge in [0.15, 0.2) is 12.0 Å². The first kappa shape index (κ1) is 19.7. The largest absolute Gasteiger partial charge is 0.484 e. The molecule has 2 N–H and O–H groups in total. The van der Waals surface area contributed by atoms with Crippen molar-refractivity contribution >= 4 is 22.8 Å². The fourth-order valence-electron chi connectivity index (χ4n) is 3.67. The van der Waals surface area contributed by atoms with Crippen LogP contribution in [0.4, 0.5) is 0 Å². The topological polar surface area (TPSA) is 103 Å². The Morgan fingerprint density at radius 2 is 1.83 bits per heavy atom. The molecule has 2 heterocycles. The van der Waals surface area contributed by atoms with Crippen LogP contribution >= 0.6 is 0 Å². The van der Waals surface area contributed by atoms with Crippen molar-refractivity contribution in [2.75, 3.05) is 19.7 Å². The second-order valence-electron chi connectivity index (χ2n) is 7.35. The van der Waals surface area contributed by atoms with E-state index in [0.29, 0.717) is 48.2 Å². The van der Waals surface area contributed by atoms with Gasteiger partial charge in [0, 0.05) is 25.1 Å². The van der Waals surface area contributed by atoms with E-state index in [-0.39, 0.29) is 29.8 Å². The minimum absolute atomic E-state index is 0.123. The fraction of sp³-hybridized carbons (Fsp3) is 0.261. The zero-order valence-electron chi connectivity index (χ0n) is 16.4. The molecule has 0 bridgehead atoms. The number of ether oxygens (including phenoxy) is 1. The Morgan fingerprint density at radius 3 is 2.53 bits per heavy atom. The molecule has 1 aliphatic rings. The van der Waals surface area contributed by atoms with Crippen LogP contribution in [0.5, 0.6) is 5.75 Å². The number of piperidine rings is 1. The molecule has 0 spiro atoms. The van der Waals surface area contributed by atoms with Crippen LogP contribution in [-0.4, -0.2) is 36.4 Å². The average Bonchev–Trinajstić information content (AvgIpc) is 2.78. The maximum Gasteiger partial charge on any atom is 0.260 e. The van der Waals surface area contributed by atoms with Crippen molar-refractivity contribution in [1.82, 2.24) is 4.90 Å². The second-order valence-corrected chi connectivity index (χ2v) is 7.35. The van der Waals surface area contributed by atoms with Crippen LogP contribution in [0.15, 0.2) is 64.0 Å². The average molecular weight is 406 g/mol. The number of carbonyl (C=O) groups is 2. The summed E-state index contributed by atoms with van der Waals surface area (Å²) in [4.78, 5) is 38.1. The van der Waals surface area contributed by atoms with Crippen LogP contribution in [0.3, 0.4) is 0 Å². The van der Waals surface area contributed by atoms with Crippen LogP contribution < -0.4 is 15.9 Å². The van der Waals surface area contributed by atoms with Gasteiger partial charge >= 0.3 is 0 Å². The smallest absolute Gasteiger partial charge is 0.260 e. The van der Waals surface area contributed by atoms with E-state index in [9.17, 15) is 14.4 Å². The molecule has 2 aromatic carbocycles. The molecule has 154 valence electrons.